The Morgan fingerprint density at radius 3 is 2.58 bits per heavy atom. The highest BCUT2D eigenvalue weighted by molar-refractivity contribution is 9.11. The van der Waals surface area contributed by atoms with Gasteiger partial charge in [0.15, 0.2) is 0 Å². The Morgan fingerprint density at radius 2 is 2.00 bits per heavy atom. The number of rotatable bonds is 6. The molecule has 1 aromatic heterocycles. The Labute approximate surface area is 167 Å². The molecule has 26 heavy (non-hydrogen) atoms. The highest BCUT2D eigenvalue weighted by atomic mass is 79.9. The second-order valence-corrected chi connectivity index (χ2v) is 9.61. The minimum absolute atomic E-state index is 0.149. The van der Waals surface area contributed by atoms with Crippen molar-refractivity contribution >= 4 is 39.1 Å². The van der Waals surface area contributed by atoms with E-state index in [2.05, 4.69) is 21.1 Å². The van der Waals surface area contributed by atoms with Gasteiger partial charge in [0.25, 0.3) is 0 Å². The number of piperidine rings is 1. The molecular formula is C18H27BrN2O4S. The van der Waals surface area contributed by atoms with Crippen molar-refractivity contribution in [3.63, 3.8) is 0 Å². The van der Waals surface area contributed by atoms with Crippen LogP contribution in [0.1, 0.15) is 45.4 Å². The molecule has 0 aliphatic carbocycles. The lowest BCUT2D eigenvalue weighted by Crippen LogP contribution is -2.43. The summed E-state index contributed by atoms with van der Waals surface area (Å²) >= 11 is 5.06. The Balaban J connectivity index is 1.61. The lowest BCUT2D eigenvalue weighted by Gasteiger charge is -2.33. The molecule has 0 spiro atoms. The number of carbonyl (C=O) groups is 1. The van der Waals surface area contributed by atoms with Gasteiger partial charge in [-0.25, -0.2) is 4.79 Å². The van der Waals surface area contributed by atoms with Gasteiger partial charge in [-0.15, -0.1) is 11.3 Å². The number of carbonyl (C=O) groups excluding carboxylic acids is 1. The largest absolute Gasteiger partial charge is 0.444 e. The molecule has 0 N–H and O–H groups in total. The van der Waals surface area contributed by atoms with E-state index in [0.29, 0.717) is 26.3 Å². The zero-order valence-corrected chi connectivity index (χ0v) is 18.2. The maximum absolute atomic E-state index is 12.0. The van der Waals surface area contributed by atoms with Crippen LogP contribution in [-0.2, 0) is 14.3 Å². The molecule has 2 heterocycles. The molecule has 1 aliphatic heterocycles. The van der Waals surface area contributed by atoms with E-state index in [0.717, 1.165) is 27.2 Å². The van der Waals surface area contributed by atoms with E-state index in [1.807, 2.05) is 39.8 Å². The van der Waals surface area contributed by atoms with Crippen molar-refractivity contribution in [3.05, 3.63) is 20.8 Å². The molecule has 1 saturated heterocycles. The van der Waals surface area contributed by atoms with Crippen molar-refractivity contribution in [2.45, 2.75) is 52.2 Å². The van der Waals surface area contributed by atoms with Gasteiger partial charge in [-0.3, -0.25) is 0 Å². The van der Waals surface area contributed by atoms with Gasteiger partial charge in [0.1, 0.15) is 12.2 Å². The van der Waals surface area contributed by atoms with Crippen molar-refractivity contribution in [3.8, 4) is 0 Å². The van der Waals surface area contributed by atoms with Gasteiger partial charge >= 0.3 is 6.09 Å². The number of hydrogen-bond donors (Lipinski definition) is 0. The standard InChI is InChI=1S/C18H27BrN2O4S/c1-13(15-5-6-16(19)26-15)20-24-12-11-23-14-7-9-21(10-8-14)17(22)25-18(2,3)4/h5-6,14H,7-12H2,1-4H3/b20-13-. The fourth-order valence-corrected chi connectivity index (χ4v) is 3.80. The highest BCUT2D eigenvalue weighted by Crippen LogP contribution is 2.22. The SMILES string of the molecule is C/C(=N/OCCOC1CCN(C(=O)OC(C)(C)C)CC1)c1ccc(Br)s1. The summed E-state index contributed by atoms with van der Waals surface area (Å²) in [5, 5.41) is 4.12. The summed E-state index contributed by atoms with van der Waals surface area (Å²) in [5.74, 6) is 0. The van der Waals surface area contributed by atoms with Crippen LogP contribution in [0.25, 0.3) is 0 Å². The maximum Gasteiger partial charge on any atom is 0.410 e. The summed E-state index contributed by atoms with van der Waals surface area (Å²) in [6, 6.07) is 4.00. The van der Waals surface area contributed by atoms with Crippen molar-refractivity contribution in [2.75, 3.05) is 26.3 Å². The third-order valence-electron chi connectivity index (χ3n) is 3.75. The van der Waals surface area contributed by atoms with Crippen LogP contribution in [0.4, 0.5) is 4.79 Å². The zero-order chi connectivity index (χ0) is 19.2. The monoisotopic (exact) mass is 446 g/mol. The second kappa shape index (κ2) is 9.71. The number of thiophene rings is 1. The van der Waals surface area contributed by atoms with Crippen molar-refractivity contribution in [1.82, 2.24) is 4.90 Å². The van der Waals surface area contributed by atoms with Gasteiger partial charge in [0, 0.05) is 13.1 Å². The van der Waals surface area contributed by atoms with Crippen LogP contribution in [0, 0.1) is 0 Å². The quantitative estimate of drug-likeness (QED) is 0.361. The molecule has 0 saturated carbocycles. The minimum atomic E-state index is -0.459. The molecule has 8 heteroatoms. The number of halogens is 1. The summed E-state index contributed by atoms with van der Waals surface area (Å²) in [6.07, 6.45) is 1.52. The van der Waals surface area contributed by atoms with E-state index < -0.39 is 5.60 Å². The zero-order valence-electron chi connectivity index (χ0n) is 15.8. The van der Waals surface area contributed by atoms with Gasteiger partial charge in [-0.05, 0) is 68.6 Å². The van der Waals surface area contributed by atoms with Crippen LogP contribution < -0.4 is 0 Å². The molecule has 0 radical (unpaired) electrons. The summed E-state index contributed by atoms with van der Waals surface area (Å²) in [5.41, 5.74) is 0.394. The lowest BCUT2D eigenvalue weighted by molar-refractivity contribution is -0.0287. The normalized spacial score (nSPS) is 16.7. The van der Waals surface area contributed by atoms with E-state index >= 15 is 0 Å². The molecule has 6 nitrogen and oxygen atoms in total. The number of hydrogen-bond acceptors (Lipinski definition) is 6. The molecular weight excluding hydrogens is 420 g/mol. The first kappa shape index (κ1) is 21.2. The van der Waals surface area contributed by atoms with Gasteiger partial charge in [-0.1, -0.05) is 5.16 Å². The molecule has 2 rings (SSSR count). The molecule has 146 valence electrons. The van der Waals surface area contributed by atoms with Crippen molar-refractivity contribution in [2.24, 2.45) is 5.16 Å². The second-order valence-electron chi connectivity index (χ2n) is 7.15. The molecule has 0 atom stereocenters. The number of oxime groups is 1. The first-order valence-electron chi connectivity index (χ1n) is 8.76. The Kier molecular flexibility index (Phi) is 7.91. The molecule has 0 unspecified atom stereocenters. The number of nitrogens with zero attached hydrogens (tertiary/aromatic N) is 2. The summed E-state index contributed by atoms with van der Waals surface area (Å²) in [7, 11) is 0. The topological polar surface area (TPSA) is 60.4 Å². The van der Waals surface area contributed by atoms with Gasteiger partial charge in [0.2, 0.25) is 0 Å². The molecule has 0 aromatic carbocycles. The Hall–Kier alpha value is -1.12. The molecule has 1 fully saturated rings. The van der Waals surface area contributed by atoms with Crippen molar-refractivity contribution < 1.29 is 19.1 Å². The predicted octanol–water partition coefficient (Wildman–Crippen LogP) is 4.67. The lowest BCUT2D eigenvalue weighted by atomic mass is 10.1. The average Bonchev–Trinajstić information content (AvgIpc) is 3.00. The van der Waals surface area contributed by atoms with Crippen LogP contribution in [0.3, 0.4) is 0 Å². The number of likely N-dealkylation sites (tertiary alicyclic amines) is 1. The maximum atomic E-state index is 12.0. The predicted molar refractivity (Wildman–Crippen MR) is 107 cm³/mol. The third-order valence-corrected chi connectivity index (χ3v) is 5.49. The fourth-order valence-electron chi connectivity index (χ4n) is 2.48. The smallest absolute Gasteiger partial charge is 0.410 e. The molecule has 1 aromatic rings. The van der Waals surface area contributed by atoms with E-state index in [9.17, 15) is 4.79 Å². The average molecular weight is 447 g/mol. The van der Waals surface area contributed by atoms with E-state index in [1.54, 1.807) is 16.2 Å². The number of ether oxygens (including phenoxy) is 2. The van der Waals surface area contributed by atoms with Gasteiger partial charge in [-0.2, -0.15) is 0 Å². The van der Waals surface area contributed by atoms with Gasteiger partial charge < -0.3 is 19.2 Å². The van der Waals surface area contributed by atoms with Crippen LogP contribution in [0.15, 0.2) is 21.1 Å². The highest BCUT2D eigenvalue weighted by Gasteiger charge is 2.27. The molecule has 0 bridgehead atoms. The summed E-state index contributed by atoms with van der Waals surface area (Å²) in [6.45, 7) is 9.77. The summed E-state index contributed by atoms with van der Waals surface area (Å²) < 4.78 is 12.3. The van der Waals surface area contributed by atoms with E-state index in [-0.39, 0.29) is 12.2 Å². The number of amides is 1. The fraction of sp³-hybridized carbons (Fsp3) is 0.667. The third kappa shape index (κ3) is 7.25. The Bertz CT molecular complexity index is 619. The molecule has 1 aliphatic rings. The minimum Gasteiger partial charge on any atom is -0.444 e. The van der Waals surface area contributed by atoms with Crippen LogP contribution in [0.5, 0.6) is 0 Å². The van der Waals surface area contributed by atoms with E-state index in [4.69, 9.17) is 14.3 Å². The van der Waals surface area contributed by atoms with Crippen LogP contribution >= 0.6 is 27.3 Å². The van der Waals surface area contributed by atoms with E-state index in [1.165, 1.54) is 0 Å². The summed E-state index contributed by atoms with van der Waals surface area (Å²) in [4.78, 5) is 20.2. The first-order chi connectivity index (χ1) is 12.2. The van der Waals surface area contributed by atoms with Crippen LogP contribution in [0.2, 0.25) is 0 Å². The first-order valence-corrected chi connectivity index (χ1v) is 10.4. The molecule has 1 amide bonds. The Morgan fingerprint density at radius 1 is 1.31 bits per heavy atom. The van der Waals surface area contributed by atoms with Crippen molar-refractivity contribution in [1.29, 1.82) is 0 Å². The van der Waals surface area contributed by atoms with Gasteiger partial charge in [0.05, 0.1) is 27.1 Å². The van der Waals surface area contributed by atoms with Crippen LogP contribution in [-0.4, -0.2) is 54.7 Å².